The molecule has 0 radical (unpaired) electrons. The van der Waals surface area contributed by atoms with Gasteiger partial charge in [0.1, 0.15) is 9.88 Å². The van der Waals surface area contributed by atoms with Crippen LogP contribution in [0.5, 0.6) is 0 Å². The van der Waals surface area contributed by atoms with E-state index < -0.39 is 0 Å². The molecule has 1 fully saturated rings. The van der Waals surface area contributed by atoms with Gasteiger partial charge in [0.05, 0.1) is 17.0 Å². The van der Waals surface area contributed by atoms with Crippen LogP contribution in [0.25, 0.3) is 10.6 Å². The Labute approximate surface area is 164 Å². The van der Waals surface area contributed by atoms with E-state index >= 15 is 0 Å². The minimum atomic E-state index is -0.180. The van der Waals surface area contributed by atoms with Gasteiger partial charge in [0.25, 0.3) is 11.5 Å². The average Bonchev–Trinajstić information content (AvgIpc) is 3.01. The fourth-order valence-electron chi connectivity index (χ4n) is 3.99. The molecule has 0 unspecified atom stereocenters. The van der Waals surface area contributed by atoms with Crippen molar-refractivity contribution in [3.05, 3.63) is 32.2 Å². The number of carbonyl (C=O) groups excluding carboxylic acids is 1. The van der Waals surface area contributed by atoms with Crippen LogP contribution in [0, 0.1) is 26.7 Å². The molecule has 0 aromatic carbocycles. The Morgan fingerprint density at radius 2 is 1.85 bits per heavy atom. The highest BCUT2D eigenvalue weighted by Gasteiger charge is 2.30. The van der Waals surface area contributed by atoms with Gasteiger partial charge in [0, 0.05) is 20.1 Å². The molecule has 1 saturated carbocycles. The number of hydrogen-bond donors (Lipinski definition) is 0. The SMILES string of the molecule is Cc1nc(-c2c(C)c(C)nn(C)c2=O)sc1C(=O)N(C)[C@@H]1CCCC[C@@H]1C. The van der Waals surface area contributed by atoms with Crippen molar-refractivity contribution in [2.45, 2.75) is 59.4 Å². The summed E-state index contributed by atoms with van der Waals surface area (Å²) in [5.74, 6) is 0.521. The van der Waals surface area contributed by atoms with Crippen LogP contribution in [0.2, 0.25) is 0 Å². The topological polar surface area (TPSA) is 68.1 Å². The maximum Gasteiger partial charge on any atom is 0.277 e. The number of aryl methyl sites for hydroxylation is 3. The van der Waals surface area contributed by atoms with E-state index in [1.54, 1.807) is 7.05 Å². The minimum Gasteiger partial charge on any atom is -0.338 e. The van der Waals surface area contributed by atoms with Crippen LogP contribution in [0.4, 0.5) is 0 Å². The van der Waals surface area contributed by atoms with Gasteiger partial charge in [-0.2, -0.15) is 5.10 Å². The summed E-state index contributed by atoms with van der Waals surface area (Å²) in [5, 5.41) is 4.83. The highest BCUT2D eigenvalue weighted by Crippen LogP contribution is 2.32. The molecule has 2 heterocycles. The predicted molar refractivity (Wildman–Crippen MR) is 108 cm³/mol. The van der Waals surface area contributed by atoms with Crippen molar-refractivity contribution in [1.82, 2.24) is 19.7 Å². The third kappa shape index (κ3) is 3.57. The van der Waals surface area contributed by atoms with Gasteiger partial charge >= 0.3 is 0 Å². The minimum absolute atomic E-state index is 0.00950. The van der Waals surface area contributed by atoms with E-state index in [4.69, 9.17) is 0 Å². The summed E-state index contributed by atoms with van der Waals surface area (Å²) in [6.07, 6.45) is 4.64. The lowest BCUT2D eigenvalue weighted by atomic mass is 9.85. The first-order valence-corrected chi connectivity index (χ1v) is 10.3. The number of carbonyl (C=O) groups is 1. The van der Waals surface area contributed by atoms with Crippen molar-refractivity contribution in [1.29, 1.82) is 0 Å². The molecule has 2 aromatic heterocycles. The third-order valence-corrected chi connectivity index (χ3v) is 6.98. The normalized spacial score (nSPS) is 19.9. The molecule has 1 aliphatic carbocycles. The fraction of sp³-hybridized carbons (Fsp3) is 0.600. The van der Waals surface area contributed by atoms with Crippen molar-refractivity contribution >= 4 is 17.2 Å². The van der Waals surface area contributed by atoms with Crippen molar-refractivity contribution < 1.29 is 4.79 Å². The summed E-state index contributed by atoms with van der Waals surface area (Å²) in [5.41, 5.74) is 2.67. The number of thiazole rings is 1. The highest BCUT2D eigenvalue weighted by atomic mass is 32.1. The molecule has 6 nitrogen and oxygen atoms in total. The van der Waals surface area contributed by atoms with E-state index in [1.807, 2.05) is 32.7 Å². The lowest BCUT2D eigenvalue weighted by Crippen LogP contribution is -2.42. The molecule has 0 bridgehead atoms. The van der Waals surface area contributed by atoms with Crippen LogP contribution in [0.15, 0.2) is 4.79 Å². The maximum atomic E-state index is 13.2. The molecule has 1 amide bonds. The monoisotopic (exact) mass is 388 g/mol. The van der Waals surface area contributed by atoms with Crippen LogP contribution < -0.4 is 5.56 Å². The Morgan fingerprint density at radius 3 is 2.52 bits per heavy atom. The number of nitrogens with zero attached hydrogens (tertiary/aromatic N) is 4. The lowest BCUT2D eigenvalue weighted by molar-refractivity contribution is 0.0633. The zero-order valence-electron chi connectivity index (χ0n) is 17.0. The van der Waals surface area contributed by atoms with Crippen molar-refractivity contribution in [2.75, 3.05) is 7.05 Å². The third-order valence-electron chi connectivity index (χ3n) is 5.81. The average molecular weight is 389 g/mol. The van der Waals surface area contributed by atoms with Gasteiger partial charge in [-0.1, -0.05) is 19.8 Å². The van der Waals surface area contributed by atoms with Gasteiger partial charge in [-0.15, -0.1) is 11.3 Å². The predicted octanol–water partition coefficient (Wildman–Crippen LogP) is 3.48. The van der Waals surface area contributed by atoms with E-state index in [9.17, 15) is 9.59 Å². The molecular formula is C20H28N4O2S. The first-order valence-electron chi connectivity index (χ1n) is 9.51. The first-order chi connectivity index (χ1) is 12.7. The van der Waals surface area contributed by atoms with Crippen LogP contribution in [0.3, 0.4) is 0 Å². The Morgan fingerprint density at radius 1 is 1.19 bits per heavy atom. The standard InChI is InChI=1S/C20H28N4O2S/c1-11-9-7-8-10-15(11)23(5)20(26)17-14(4)21-18(27-17)16-12(2)13(3)22-24(6)19(16)25/h11,15H,7-10H2,1-6H3/t11-,15+/m0/s1. The fourth-order valence-corrected chi connectivity index (χ4v) is 5.13. The second kappa shape index (κ2) is 7.54. The number of rotatable bonds is 3. The Balaban J connectivity index is 1.98. The molecule has 2 aromatic rings. The van der Waals surface area contributed by atoms with Crippen LogP contribution >= 0.6 is 11.3 Å². The molecule has 0 saturated heterocycles. The molecule has 0 N–H and O–H groups in total. The van der Waals surface area contributed by atoms with Crippen molar-refractivity contribution in [3.63, 3.8) is 0 Å². The first kappa shape index (κ1) is 19.7. The van der Waals surface area contributed by atoms with Gasteiger partial charge < -0.3 is 4.90 Å². The summed E-state index contributed by atoms with van der Waals surface area (Å²) in [7, 11) is 3.54. The molecular weight excluding hydrogens is 360 g/mol. The Kier molecular flexibility index (Phi) is 5.51. The second-order valence-electron chi connectivity index (χ2n) is 7.69. The number of aromatic nitrogens is 3. The molecule has 27 heavy (non-hydrogen) atoms. The van der Waals surface area contributed by atoms with Gasteiger partial charge in [0.15, 0.2) is 0 Å². The van der Waals surface area contributed by atoms with Crippen molar-refractivity contribution in [2.24, 2.45) is 13.0 Å². The lowest BCUT2D eigenvalue weighted by Gasteiger charge is -2.36. The molecule has 7 heteroatoms. The summed E-state index contributed by atoms with van der Waals surface area (Å²) < 4.78 is 1.34. The van der Waals surface area contributed by atoms with Crippen molar-refractivity contribution in [3.8, 4) is 10.6 Å². The summed E-state index contributed by atoms with van der Waals surface area (Å²) >= 11 is 1.32. The van der Waals surface area contributed by atoms with Crippen LogP contribution in [0.1, 0.15) is 59.2 Å². The molecule has 3 rings (SSSR count). The summed E-state index contributed by atoms with van der Waals surface area (Å²) in [6, 6.07) is 0.272. The zero-order valence-corrected chi connectivity index (χ0v) is 17.8. The highest BCUT2D eigenvalue weighted by molar-refractivity contribution is 7.17. The van der Waals surface area contributed by atoms with Gasteiger partial charge in [-0.3, -0.25) is 9.59 Å². The summed E-state index contributed by atoms with van der Waals surface area (Å²) in [6.45, 7) is 7.83. The Bertz CT molecular complexity index is 931. The molecule has 2 atom stereocenters. The van der Waals surface area contributed by atoms with Gasteiger partial charge in [0.2, 0.25) is 0 Å². The van der Waals surface area contributed by atoms with E-state index in [-0.39, 0.29) is 17.5 Å². The smallest absolute Gasteiger partial charge is 0.277 e. The zero-order chi connectivity index (χ0) is 19.9. The number of hydrogen-bond acceptors (Lipinski definition) is 5. The maximum absolute atomic E-state index is 13.2. The second-order valence-corrected chi connectivity index (χ2v) is 8.69. The van der Waals surface area contributed by atoms with E-state index in [0.29, 0.717) is 27.1 Å². The molecule has 146 valence electrons. The molecule has 1 aliphatic rings. The van der Waals surface area contributed by atoms with E-state index in [1.165, 1.54) is 35.3 Å². The Hall–Kier alpha value is -2.02. The largest absolute Gasteiger partial charge is 0.338 e. The molecule has 0 aliphatic heterocycles. The van der Waals surface area contributed by atoms with Crippen LogP contribution in [-0.4, -0.2) is 38.7 Å². The summed E-state index contributed by atoms with van der Waals surface area (Å²) in [4.78, 5) is 32.9. The number of amides is 1. The molecule has 0 spiro atoms. The van der Waals surface area contributed by atoms with E-state index in [0.717, 1.165) is 17.7 Å². The quantitative estimate of drug-likeness (QED) is 0.807. The van der Waals surface area contributed by atoms with E-state index in [2.05, 4.69) is 17.0 Å². The van der Waals surface area contributed by atoms with Gasteiger partial charge in [-0.05, 0) is 45.1 Å². The van der Waals surface area contributed by atoms with Gasteiger partial charge in [-0.25, -0.2) is 9.67 Å². The van der Waals surface area contributed by atoms with Crippen LogP contribution in [-0.2, 0) is 7.05 Å².